The SMILES string of the molecule is C/C(=C/C[Se])[CH2][Ge]([c]1c(C(C)C)cc(C(C)C)cc1C(C)C)[c]1c(C([Si](C)(C)C)[Si](C)(C)C)cc(C([Si](C)(C)C)[Si](C)(C)C)cc1C([Si](C)(C)C)[Si](C)(C)C. The quantitative estimate of drug-likeness (QED) is 0.109. The zero-order chi connectivity index (χ0) is 43.2. The standard InChI is InChI=1S/C47H90GeSeSi6/c1-33(2)37-28-39(34(3)4)43(40(29-37)35(5)6)48(32-36(7)26-27-49)44-41(46(52(14,15)16)53(17,18)19)30-38(45(50(8,9)10)51(11,12)13)31-42(44)47(54(20,21)22)55(23,24)25/h26,28-31,33-35,45-47H,27,32H2,1-25H3/b36-26-. The van der Waals surface area contributed by atoms with Crippen LogP contribution >= 0.6 is 0 Å². The summed E-state index contributed by atoms with van der Waals surface area (Å²) in [6.45, 7) is 66.4. The first kappa shape index (κ1) is 51.7. The Bertz CT molecular complexity index is 1510. The minimum atomic E-state index is -2.31. The third kappa shape index (κ3) is 13.0. The van der Waals surface area contributed by atoms with Crippen LogP contribution in [0, 0.1) is 0 Å². The molecule has 0 heterocycles. The Balaban J connectivity index is 3.78. The van der Waals surface area contributed by atoms with Gasteiger partial charge in [0.2, 0.25) is 0 Å². The second-order valence-corrected chi connectivity index (χ2v) is 64.1. The van der Waals surface area contributed by atoms with Crippen molar-refractivity contribution in [2.24, 2.45) is 0 Å². The van der Waals surface area contributed by atoms with Crippen LogP contribution in [0.3, 0.4) is 0 Å². The summed E-state index contributed by atoms with van der Waals surface area (Å²) in [7, 11) is -9.83. The zero-order valence-electron chi connectivity index (χ0n) is 41.2. The van der Waals surface area contributed by atoms with Crippen molar-refractivity contribution in [3.8, 4) is 0 Å². The maximum atomic E-state index is 3.36. The predicted molar refractivity (Wildman–Crippen MR) is 278 cm³/mol. The summed E-state index contributed by atoms with van der Waals surface area (Å²) in [4.78, 5) is 0. The van der Waals surface area contributed by atoms with Crippen molar-refractivity contribution in [3.05, 3.63) is 69.3 Å². The molecular weight excluding hydrogens is 885 g/mol. The fourth-order valence-corrected chi connectivity index (χ4v) is 59.6. The van der Waals surface area contributed by atoms with E-state index in [1.165, 1.54) is 10.8 Å². The van der Waals surface area contributed by atoms with E-state index in [4.69, 9.17) is 0 Å². The molecule has 0 aliphatic rings. The first-order valence-corrected chi connectivity index (χ1v) is 48.2. The second kappa shape index (κ2) is 18.7. The molecule has 0 bridgehead atoms. The molecule has 8 heteroatoms. The zero-order valence-corrected chi connectivity index (χ0v) is 51.0. The van der Waals surface area contributed by atoms with Crippen LogP contribution in [-0.4, -0.2) is 78.8 Å². The third-order valence-corrected chi connectivity index (χ3v) is 47.1. The number of allylic oxidation sites excluding steroid dienone is 2. The number of hydrogen-bond donors (Lipinski definition) is 0. The van der Waals surface area contributed by atoms with Crippen LogP contribution in [0.1, 0.15) is 115 Å². The Hall–Kier alpha value is 0.544. The van der Waals surface area contributed by atoms with Crippen molar-refractivity contribution in [2.45, 2.75) is 210 Å². The molecule has 2 rings (SSSR count). The van der Waals surface area contributed by atoms with Crippen LogP contribution < -0.4 is 8.79 Å². The second-order valence-electron chi connectivity index (χ2n) is 25.0. The summed E-state index contributed by atoms with van der Waals surface area (Å²) in [5.41, 5.74) is 12.1. The van der Waals surface area contributed by atoms with E-state index in [1.54, 1.807) is 22.3 Å². The molecule has 2 aromatic carbocycles. The first-order valence-electron chi connectivity index (χ1n) is 21.9. The van der Waals surface area contributed by atoms with Crippen molar-refractivity contribution in [2.75, 3.05) is 0 Å². The van der Waals surface area contributed by atoms with E-state index in [9.17, 15) is 0 Å². The van der Waals surface area contributed by atoms with Crippen molar-refractivity contribution in [1.29, 1.82) is 0 Å². The van der Waals surface area contributed by atoms with Crippen molar-refractivity contribution >= 4 is 87.6 Å². The summed E-state index contributed by atoms with van der Waals surface area (Å²) >= 11 is 1.06. The molecule has 0 unspecified atom stereocenters. The van der Waals surface area contributed by atoms with E-state index >= 15 is 0 Å². The van der Waals surface area contributed by atoms with Crippen molar-refractivity contribution in [1.82, 2.24) is 0 Å². The molecule has 55 heavy (non-hydrogen) atoms. The Morgan fingerprint density at radius 3 is 1.02 bits per heavy atom. The number of hydrogen-bond acceptors (Lipinski definition) is 0. The van der Waals surface area contributed by atoms with Crippen LogP contribution in [0.25, 0.3) is 0 Å². The minimum absolute atomic E-state index is 0.501. The molecule has 312 valence electrons. The van der Waals surface area contributed by atoms with Gasteiger partial charge >= 0.3 is 367 Å². The van der Waals surface area contributed by atoms with E-state index in [2.05, 4.69) is 213 Å². The average molecular weight is 975 g/mol. The molecule has 2 radical (unpaired) electrons. The molecule has 0 spiro atoms. The van der Waals surface area contributed by atoms with Gasteiger partial charge in [-0.25, -0.2) is 0 Å². The predicted octanol–water partition coefficient (Wildman–Crippen LogP) is 14.7. The van der Waals surface area contributed by atoms with E-state index in [1.807, 2.05) is 19.9 Å². The van der Waals surface area contributed by atoms with Crippen LogP contribution in [0.4, 0.5) is 0 Å². The van der Waals surface area contributed by atoms with Gasteiger partial charge in [0, 0.05) is 0 Å². The van der Waals surface area contributed by atoms with Gasteiger partial charge in [-0.05, 0) is 0 Å². The van der Waals surface area contributed by atoms with Crippen LogP contribution in [0.5, 0.6) is 0 Å². The Morgan fingerprint density at radius 2 is 0.764 bits per heavy atom. The van der Waals surface area contributed by atoms with E-state index in [0.29, 0.717) is 28.1 Å². The molecule has 0 nitrogen and oxygen atoms in total. The molecule has 0 aliphatic heterocycles. The molecule has 0 aliphatic carbocycles. The van der Waals surface area contributed by atoms with Gasteiger partial charge in [0.25, 0.3) is 0 Å². The van der Waals surface area contributed by atoms with Gasteiger partial charge in [-0.15, -0.1) is 0 Å². The number of benzene rings is 2. The van der Waals surface area contributed by atoms with Crippen LogP contribution in [0.15, 0.2) is 35.9 Å². The molecular formula is C47H90GeSeSi6. The summed E-state index contributed by atoms with van der Waals surface area (Å²) in [5, 5.41) is 4.44. The molecule has 0 N–H and O–H groups in total. The van der Waals surface area contributed by atoms with Gasteiger partial charge in [0.05, 0.1) is 0 Å². The molecule has 0 amide bonds. The van der Waals surface area contributed by atoms with Gasteiger partial charge in [-0.1, -0.05) is 0 Å². The molecule has 2 aromatic rings. The van der Waals surface area contributed by atoms with Crippen molar-refractivity contribution < 1.29 is 0 Å². The summed E-state index contributed by atoms with van der Waals surface area (Å²) < 4.78 is 3.81. The fraction of sp³-hybridized carbons (Fsp3) is 0.702. The third-order valence-electron chi connectivity index (χ3n) is 12.0. The first-order chi connectivity index (χ1) is 24.5. The number of rotatable bonds is 17. The average Bonchev–Trinajstić information content (AvgIpc) is 2.91. The summed E-state index contributed by atoms with van der Waals surface area (Å²) in [5.74, 6) is 1.53. The van der Waals surface area contributed by atoms with Gasteiger partial charge < -0.3 is 0 Å². The van der Waals surface area contributed by atoms with Crippen molar-refractivity contribution in [3.63, 3.8) is 0 Å². The monoisotopic (exact) mass is 976 g/mol. The van der Waals surface area contributed by atoms with Gasteiger partial charge in [0.1, 0.15) is 0 Å². The molecule has 0 saturated carbocycles. The van der Waals surface area contributed by atoms with Gasteiger partial charge in [-0.3, -0.25) is 0 Å². The van der Waals surface area contributed by atoms with Crippen LogP contribution in [0.2, 0.25) is 128 Å². The molecule has 0 fully saturated rings. The van der Waals surface area contributed by atoms with E-state index in [0.717, 1.165) is 10.5 Å². The summed E-state index contributed by atoms with van der Waals surface area (Å²) in [6, 6.07) is 11.4. The fourth-order valence-electron chi connectivity index (χ4n) is 11.5. The normalized spacial score (nSPS) is 14.7. The Kier molecular flexibility index (Phi) is 17.5. The Labute approximate surface area is 364 Å². The molecule has 0 saturated heterocycles. The maximum absolute atomic E-state index is 3.36. The van der Waals surface area contributed by atoms with Crippen LogP contribution in [-0.2, 0) is 0 Å². The molecule has 0 aromatic heterocycles. The van der Waals surface area contributed by atoms with Gasteiger partial charge in [0.15, 0.2) is 0 Å². The summed E-state index contributed by atoms with van der Waals surface area (Å²) in [6.07, 6.45) is 2.54. The topological polar surface area (TPSA) is 0 Å². The Morgan fingerprint density at radius 1 is 0.473 bits per heavy atom. The molecule has 0 atom stereocenters. The van der Waals surface area contributed by atoms with E-state index < -0.39 is 62.8 Å². The van der Waals surface area contributed by atoms with E-state index in [-0.39, 0.29) is 0 Å². The van der Waals surface area contributed by atoms with Gasteiger partial charge in [-0.2, -0.15) is 0 Å².